The van der Waals surface area contributed by atoms with Crippen LogP contribution in [0.2, 0.25) is 0 Å². The molecule has 5 aromatic rings. The quantitative estimate of drug-likeness (QED) is 0.304. The van der Waals surface area contributed by atoms with Crippen molar-refractivity contribution in [2.24, 2.45) is 0 Å². The molecule has 0 amide bonds. The van der Waals surface area contributed by atoms with Gasteiger partial charge in [-0.15, -0.1) is 0 Å². The van der Waals surface area contributed by atoms with Gasteiger partial charge in [0.15, 0.2) is 0 Å². The van der Waals surface area contributed by atoms with Crippen molar-refractivity contribution in [3.05, 3.63) is 109 Å². The Morgan fingerprint density at radius 1 is 0.727 bits per heavy atom. The van der Waals surface area contributed by atoms with Gasteiger partial charge in [-0.25, -0.2) is 12.4 Å². The smallest absolute Gasteiger partial charge is 0.268 e. The third kappa shape index (κ3) is 3.70. The molecule has 0 bridgehead atoms. The highest BCUT2D eigenvalue weighted by Crippen LogP contribution is 2.37. The molecule has 0 saturated heterocycles. The summed E-state index contributed by atoms with van der Waals surface area (Å²) in [6.07, 6.45) is 0. The summed E-state index contributed by atoms with van der Waals surface area (Å²) in [6.45, 7) is 1.94. The molecule has 4 aromatic carbocycles. The lowest BCUT2D eigenvalue weighted by Crippen LogP contribution is -2.14. The minimum absolute atomic E-state index is 0.262. The van der Waals surface area contributed by atoms with Crippen LogP contribution in [-0.2, 0) is 10.0 Å². The van der Waals surface area contributed by atoms with Gasteiger partial charge >= 0.3 is 0 Å². The summed E-state index contributed by atoms with van der Waals surface area (Å²) >= 11 is 0. The molecule has 0 saturated carbocycles. The molecule has 5 heteroatoms. The van der Waals surface area contributed by atoms with Crippen molar-refractivity contribution in [2.75, 3.05) is 7.11 Å². The number of aromatic nitrogens is 1. The average molecular weight is 454 g/mol. The van der Waals surface area contributed by atoms with Crippen LogP contribution >= 0.6 is 0 Å². The van der Waals surface area contributed by atoms with Crippen LogP contribution in [0.1, 0.15) is 5.56 Å². The van der Waals surface area contributed by atoms with E-state index in [1.165, 1.54) is 3.97 Å². The minimum Gasteiger partial charge on any atom is -0.497 e. The van der Waals surface area contributed by atoms with Crippen LogP contribution in [0.5, 0.6) is 5.75 Å². The average Bonchev–Trinajstić information content (AvgIpc) is 3.26. The number of hydrogen-bond acceptors (Lipinski definition) is 3. The van der Waals surface area contributed by atoms with E-state index in [0.717, 1.165) is 33.4 Å². The van der Waals surface area contributed by atoms with Crippen LogP contribution < -0.4 is 4.74 Å². The Hall–Kier alpha value is -3.83. The van der Waals surface area contributed by atoms with Crippen molar-refractivity contribution < 1.29 is 13.2 Å². The van der Waals surface area contributed by atoms with E-state index in [4.69, 9.17) is 4.74 Å². The lowest BCUT2D eigenvalue weighted by atomic mass is 10.0. The predicted octanol–water partition coefficient (Wildman–Crippen LogP) is 6.53. The Labute approximate surface area is 193 Å². The van der Waals surface area contributed by atoms with Crippen molar-refractivity contribution >= 4 is 20.9 Å². The molecule has 33 heavy (non-hydrogen) atoms. The van der Waals surface area contributed by atoms with Gasteiger partial charge in [0.2, 0.25) is 0 Å². The summed E-state index contributed by atoms with van der Waals surface area (Å²) in [6, 6.07) is 32.1. The topological polar surface area (TPSA) is 48.3 Å². The van der Waals surface area contributed by atoms with Crippen molar-refractivity contribution in [2.45, 2.75) is 11.8 Å². The SMILES string of the molecule is COc1ccc(-c2cccc3c2cc(-c2ccccc2)n3S(=O)(=O)c2ccc(C)cc2)cc1. The lowest BCUT2D eigenvalue weighted by Gasteiger charge is -2.13. The van der Waals surface area contributed by atoms with Gasteiger partial charge in [0.05, 0.1) is 23.2 Å². The highest BCUT2D eigenvalue weighted by molar-refractivity contribution is 7.90. The minimum atomic E-state index is -3.83. The van der Waals surface area contributed by atoms with E-state index >= 15 is 0 Å². The van der Waals surface area contributed by atoms with Crippen molar-refractivity contribution in [1.29, 1.82) is 0 Å². The highest BCUT2D eigenvalue weighted by atomic mass is 32.2. The molecule has 164 valence electrons. The molecule has 1 aromatic heterocycles. The first-order chi connectivity index (χ1) is 16.0. The van der Waals surface area contributed by atoms with Gasteiger partial charge in [-0.1, -0.05) is 72.3 Å². The fourth-order valence-corrected chi connectivity index (χ4v) is 5.64. The molecule has 0 N–H and O–H groups in total. The second-order valence-electron chi connectivity index (χ2n) is 7.94. The Balaban J connectivity index is 1.81. The zero-order valence-electron chi connectivity index (χ0n) is 18.4. The number of methoxy groups -OCH3 is 1. The van der Waals surface area contributed by atoms with Gasteiger partial charge < -0.3 is 4.74 Å². The molecule has 0 fully saturated rings. The predicted molar refractivity (Wildman–Crippen MR) is 133 cm³/mol. The van der Waals surface area contributed by atoms with Crippen LogP contribution in [-0.4, -0.2) is 19.5 Å². The second kappa shape index (κ2) is 8.26. The molecule has 0 radical (unpaired) electrons. The van der Waals surface area contributed by atoms with Gasteiger partial charge in [-0.3, -0.25) is 0 Å². The van der Waals surface area contributed by atoms with Crippen LogP contribution in [0.15, 0.2) is 108 Å². The summed E-state index contributed by atoms with van der Waals surface area (Å²) in [4.78, 5) is 0.262. The van der Waals surface area contributed by atoms with Gasteiger partial charge in [-0.05, 0) is 60.0 Å². The highest BCUT2D eigenvalue weighted by Gasteiger charge is 2.25. The molecular formula is C28H23NO3S. The van der Waals surface area contributed by atoms with E-state index in [0.29, 0.717) is 11.2 Å². The maximum atomic E-state index is 13.9. The monoisotopic (exact) mass is 453 g/mol. The molecule has 0 spiro atoms. The first-order valence-electron chi connectivity index (χ1n) is 10.7. The van der Waals surface area contributed by atoms with Crippen molar-refractivity contribution in [1.82, 2.24) is 3.97 Å². The van der Waals surface area contributed by atoms with Crippen LogP contribution in [0, 0.1) is 6.92 Å². The number of nitrogens with zero attached hydrogens (tertiary/aromatic N) is 1. The summed E-state index contributed by atoms with van der Waals surface area (Å²) < 4.78 is 34.5. The largest absolute Gasteiger partial charge is 0.497 e. The fraction of sp³-hybridized carbons (Fsp3) is 0.0714. The Morgan fingerprint density at radius 3 is 2.09 bits per heavy atom. The fourth-order valence-electron chi connectivity index (χ4n) is 4.11. The Morgan fingerprint density at radius 2 is 1.42 bits per heavy atom. The number of fused-ring (bicyclic) bond motifs is 1. The Bertz CT molecular complexity index is 1530. The third-order valence-corrected chi connectivity index (χ3v) is 7.57. The summed E-state index contributed by atoms with van der Waals surface area (Å²) in [5, 5.41) is 0.872. The van der Waals surface area contributed by atoms with E-state index in [9.17, 15) is 8.42 Å². The van der Waals surface area contributed by atoms with Crippen molar-refractivity contribution in [3.63, 3.8) is 0 Å². The normalized spacial score (nSPS) is 11.6. The molecule has 0 aliphatic heterocycles. The maximum Gasteiger partial charge on any atom is 0.268 e. The molecule has 5 rings (SSSR count). The third-order valence-electron chi connectivity index (χ3n) is 5.83. The van der Waals surface area contributed by atoms with Gasteiger partial charge in [0.25, 0.3) is 10.0 Å². The molecular weight excluding hydrogens is 430 g/mol. The summed E-state index contributed by atoms with van der Waals surface area (Å²) in [5.41, 5.74) is 5.08. The van der Waals surface area contributed by atoms with Gasteiger partial charge in [0, 0.05) is 5.39 Å². The molecule has 4 nitrogen and oxygen atoms in total. The zero-order valence-corrected chi connectivity index (χ0v) is 19.2. The van der Waals surface area contributed by atoms with E-state index in [1.54, 1.807) is 19.2 Å². The van der Waals surface area contributed by atoms with Crippen LogP contribution in [0.4, 0.5) is 0 Å². The summed E-state index contributed by atoms with van der Waals surface area (Å²) in [5.74, 6) is 0.774. The van der Waals surface area contributed by atoms with Crippen LogP contribution in [0.25, 0.3) is 33.3 Å². The molecule has 1 heterocycles. The zero-order chi connectivity index (χ0) is 23.0. The first kappa shape index (κ1) is 21.0. The molecule has 0 aliphatic carbocycles. The van der Waals surface area contributed by atoms with E-state index < -0.39 is 10.0 Å². The van der Waals surface area contributed by atoms with Crippen LogP contribution in [0.3, 0.4) is 0 Å². The maximum absolute atomic E-state index is 13.9. The van der Waals surface area contributed by atoms with E-state index in [2.05, 4.69) is 0 Å². The van der Waals surface area contributed by atoms with E-state index in [1.807, 2.05) is 97.9 Å². The van der Waals surface area contributed by atoms with Crippen molar-refractivity contribution in [3.8, 4) is 28.1 Å². The number of benzene rings is 4. The number of ether oxygens (including phenoxy) is 1. The first-order valence-corrected chi connectivity index (χ1v) is 12.1. The van der Waals surface area contributed by atoms with E-state index in [-0.39, 0.29) is 4.90 Å². The number of rotatable bonds is 5. The molecule has 0 unspecified atom stereocenters. The molecule has 0 aliphatic rings. The number of aryl methyl sites for hydroxylation is 1. The second-order valence-corrected chi connectivity index (χ2v) is 9.73. The number of hydrogen-bond donors (Lipinski definition) is 0. The van der Waals surface area contributed by atoms with Gasteiger partial charge in [-0.2, -0.15) is 0 Å². The summed E-state index contributed by atoms with van der Waals surface area (Å²) in [7, 11) is -2.19. The lowest BCUT2D eigenvalue weighted by molar-refractivity contribution is 0.415. The van der Waals surface area contributed by atoms with Gasteiger partial charge in [0.1, 0.15) is 5.75 Å². The standard InChI is InChI=1S/C28H23NO3S/c1-20-11-17-24(18-12-20)33(30,31)29-27-10-6-9-25(21-13-15-23(32-2)16-14-21)26(27)19-28(29)22-7-4-3-5-8-22/h3-19H,1-2H3. The molecule has 0 atom stereocenters. The Kier molecular flexibility index (Phi) is 5.27.